The van der Waals surface area contributed by atoms with Crippen LogP contribution < -0.4 is 20.4 Å². The molecule has 23 heavy (non-hydrogen) atoms. The van der Waals surface area contributed by atoms with Gasteiger partial charge in [-0.25, -0.2) is 9.18 Å². The van der Waals surface area contributed by atoms with Gasteiger partial charge in [-0.2, -0.15) is 0 Å². The lowest BCUT2D eigenvalue weighted by Crippen LogP contribution is -2.06. The summed E-state index contributed by atoms with van der Waals surface area (Å²) < 4.78 is 29.5. The largest absolute Gasteiger partial charge is 0.454 e. The van der Waals surface area contributed by atoms with Gasteiger partial charge in [0.05, 0.1) is 5.69 Å². The first kappa shape index (κ1) is 13.6. The molecule has 0 amide bonds. The summed E-state index contributed by atoms with van der Waals surface area (Å²) in [4.78, 5) is 11.7. The van der Waals surface area contributed by atoms with Gasteiger partial charge in [0.2, 0.25) is 6.79 Å². The van der Waals surface area contributed by atoms with E-state index < -0.39 is 5.63 Å². The first-order valence-corrected chi connectivity index (χ1v) is 7.05. The van der Waals surface area contributed by atoms with Crippen LogP contribution in [0.4, 0.5) is 10.1 Å². The minimum Gasteiger partial charge on any atom is -0.454 e. The molecule has 0 bridgehead atoms. The standard InChI is InChI=1S/C17H12FNO4/c18-12-3-1-2-4-13(12)19-8-10-5-17(20)23-14-7-16-15(6-11(10)14)21-9-22-16/h1-7,19H,8-9H2. The lowest BCUT2D eigenvalue weighted by molar-refractivity contribution is 0.174. The Hall–Kier alpha value is -3.02. The molecule has 0 spiro atoms. The van der Waals surface area contributed by atoms with E-state index >= 15 is 0 Å². The second-order valence-electron chi connectivity index (χ2n) is 5.13. The SMILES string of the molecule is O=c1cc(CNc2ccccc2F)c2cc3c(cc2o1)OCO3. The van der Waals surface area contributed by atoms with Gasteiger partial charge in [0.1, 0.15) is 11.4 Å². The van der Waals surface area contributed by atoms with Crippen LogP contribution >= 0.6 is 0 Å². The van der Waals surface area contributed by atoms with Crippen LogP contribution in [0.3, 0.4) is 0 Å². The van der Waals surface area contributed by atoms with Crippen LogP contribution in [0.2, 0.25) is 0 Å². The Morgan fingerprint density at radius 1 is 1.09 bits per heavy atom. The van der Waals surface area contributed by atoms with Crippen molar-refractivity contribution in [2.24, 2.45) is 0 Å². The van der Waals surface area contributed by atoms with Crippen molar-refractivity contribution in [3.8, 4) is 11.5 Å². The van der Waals surface area contributed by atoms with E-state index in [1.54, 1.807) is 30.3 Å². The maximum Gasteiger partial charge on any atom is 0.336 e. The quantitative estimate of drug-likeness (QED) is 0.752. The monoisotopic (exact) mass is 313 g/mol. The number of halogens is 1. The zero-order valence-corrected chi connectivity index (χ0v) is 12.0. The van der Waals surface area contributed by atoms with E-state index in [0.717, 1.165) is 5.39 Å². The molecular weight excluding hydrogens is 301 g/mol. The van der Waals surface area contributed by atoms with E-state index in [-0.39, 0.29) is 19.2 Å². The number of para-hydroxylation sites is 1. The third kappa shape index (κ3) is 2.48. The molecule has 1 aliphatic rings. The van der Waals surface area contributed by atoms with Crippen LogP contribution in [0.15, 0.2) is 51.7 Å². The van der Waals surface area contributed by atoms with Gasteiger partial charge in [-0.15, -0.1) is 0 Å². The molecule has 2 aromatic carbocycles. The molecule has 0 unspecified atom stereocenters. The molecule has 116 valence electrons. The van der Waals surface area contributed by atoms with E-state index in [4.69, 9.17) is 13.9 Å². The summed E-state index contributed by atoms with van der Waals surface area (Å²) in [6, 6.07) is 11.1. The van der Waals surface area contributed by atoms with E-state index in [1.807, 2.05) is 0 Å². The molecule has 6 heteroatoms. The van der Waals surface area contributed by atoms with Crippen LogP contribution in [0.1, 0.15) is 5.56 Å². The average Bonchev–Trinajstić information content (AvgIpc) is 2.99. The Morgan fingerprint density at radius 3 is 2.70 bits per heavy atom. The van der Waals surface area contributed by atoms with Crippen molar-refractivity contribution in [2.75, 3.05) is 12.1 Å². The van der Waals surface area contributed by atoms with Crippen molar-refractivity contribution in [1.29, 1.82) is 0 Å². The summed E-state index contributed by atoms with van der Waals surface area (Å²) in [5.74, 6) is 0.788. The van der Waals surface area contributed by atoms with Gasteiger partial charge in [0.15, 0.2) is 11.5 Å². The van der Waals surface area contributed by atoms with E-state index in [9.17, 15) is 9.18 Å². The van der Waals surface area contributed by atoms with Crippen LogP contribution in [-0.4, -0.2) is 6.79 Å². The topological polar surface area (TPSA) is 60.7 Å². The third-order valence-corrected chi connectivity index (χ3v) is 3.67. The van der Waals surface area contributed by atoms with Crippen LogP contribution in [-0.2, 0) is 6.54 Å². The molecule has 1 aromatic heterocycles. The minimum absolute atomic E-state index is 0.138. The molecule has 2 heterocycles. The molecule has 0 saturated carbocycles. The van der Waals surface area contributed by atoms with Gasteiger partial charge in [-0.3, -0.25) is 0 Å². The highest BCUT2D eigenvalue weighted by molar-refractivity contribution is 5.84. The number of rotatable bonds is 3. The smallest absolute Gasteiger partial charge is 0.336 e. The average molecular weight is 313 g/mol. The van der Waals surface area contributed by atoms with Crippen molar-refractivity contribution in [3.05, 3.63) is 64.3 Å². The number of benzene rings is 2. The molecule has 0 atom stereocenters. The lowest BCUT2D eigenvalue weighted by Gasteiger charge is -2.10. The molecule has 3 aromatic rings. The normalized spacial score (nSPS) is 12.6. The van der Waals surface area contributed by atoms with Crippen LogP contribution in [0, 0.1) is 5.82 Å². The third-order valence-electron chi connectivity index (χ3n) is 3.67. The number of nitrogens with one attached hydrogen (secondary N) is 1. The van der Waals surface area contributed by atoms with Crippen molar-refractivity contribution in [1.82, 2.24) is 0 Å². The van der Waals surface area contributed by atoms with Crippen LogP contribution in [0.25, 0.3) is 11.0 Å². The Kier molecular flexibility index (Phi) is 3.15. The van der Waals surface area contributed by atoms with Crippen molar-refractivity contribution in [2.45, 2.75) is 6.54 Å². The number of anilines is 1. The van der Waals surface area contributed by atoms with Crippen molar-refractivity contribution >= 4 is 16.7 Å². The molecule has 0 aliphatic carbocycles. The fourth-order valence-corrected chi connectivity index (χ4v) is 2.56. The number of hydrogen-bond acceptors (Lipinski definition) is 5. The molecule has 4 rings (SSSR count). The maximum atomic E-state index is 13.7. The highest BCUT2D eigenvalue weighted by Gasteiger charge is 2.17. The number of fused-ring (bicyclic) bond motifs is 2. The van der Waals surface area contributed by atoms with Crippen LogP contribution in [0.5, 0.6) is 11.5 Å². The first-order chi connectivity index (χ1) is 11.2. The number of hydrogen-bond donors (Lipinski definition) is 1. The Bertz CT molecular complexity index is 951. The maximum absolute atomic E-state index is 13.7. The van der Waals surface area contributed by atoms with Gasteiger partial charge >= 0.3 is 5.63 Å². The minimum atomic E-state index is -0.471. The molecule has 0 fully saturated rings. The van der Waals surface area contributed by atoms with E-state index in [2.05, 4.69) is 5.32 Å². The fourth-order valence-electron chi connectivity index (χ4n) is 2.56. The van der Waals surface area contributed by atoms with Crippen molar-refractivity contribution < 1.29 is 18.3 Å². The van der Waals surface area contributed by atoms with E-state index in [0.29, 0.717) is 28.3 Å². The molecule has 0 saturated heterocycles. The predicted molar refractivity (Wildman–Crippen MR) is 82.3 cm³/mol. The zero-order chi connectivity index (χ0) is 15.8. The molecule has 1 aliphatic heterocycles. The molecule has 0 radical (unpaired) electrons. The molecule has 1 N–H and O–H groups in total. The molecular formula is C17H12FNO4. The van der Waals surface area contributed by atoms with Gasteiger partial charge < -0.3 is 19.2 Å². The number of ether oxygens (including phenoxy) is 2. The zero-order valence-electron chi connectivity index (χ0n) is 12.0. The Morgan fingerprint density at radius 2 is 1.87 bits per heavy atom. The van der Waals surface area contributed by atoms with E-state index in [1.165, 1.54) is 12.1 Å². The van der Waals surface area contributed by atoms with Gasteiger partial charge in [-0.05, 0) is 23.8 Å². The summed E-state index contributed by atoms with van der Waals surface area (Å²) >= 11 is 0. The van der Waals surface area contributed by atoms with Gasteiger partial charge in [0, 0.05) is 24.1 Å². The van der Waals surface area contributed by atoms with Crippen molar-refractivity contribution in [3.63, 3.8) is 0 Å². The highest BCUT2D eigenvalue weighted by Crippen LogP contribution is 2.36. The Labute approximate surface area is 130 Å². The summed E-state index contributed by atoms with van der Waals surface area (Å²) in [6.45, 7) is 0.418. The Balaban J connectivity index is 1.74. The summed E-state index contributed by atoms with van der Waals surface area (Å²) in [5, 5.41) is 3.71. The molecule has 5 nitrogen and oxygen atoms in total. The van der Waals surface area contributed by atoms with Gasteiger partial charge in [0.25, 0.3) is 0 Å². The first-order valence-electron chi connectivity index (χ1n) is 7.05. The predicted octanol–water partition coefficient (Wildman–Crippen LogP) is 3.27. The summed E-state index contributed by atoms with van der Waals surface area (Å²) in [5.41, 5.74) is 1.00. The lowest BCUT2D eigenvalue weighted by atomic mass is 10.1. The summed E-state index contributed by atoms with van der Waals surface area (Å²) in [6.07, 6.45) is 0. The second kappa shape index (κ2) is 5.31. The summed E-state index contributed by atoms with van der Waals surface area (Å²) in [7, 11) is 0. The van der Waals surface area contributed by atoms with Gasteiger partial charge in [-0.1, -0.05) is 12.1 Å². The second-order valence-corrected chi connectivity index (χ2v) is 5.13. The highest BCUT2D eigenvalue weighted by atomic mass is 19.1. The fraction of sp³-hybridized carbons (Fsp3) is 0.118.